The monoisotopic (exact) mass is 388 g/mol. The van der Waals surface area contributed by atoms with Crippen LogP contribution in [0.3, 0.4) is 0 Å². The second-order valence-electron chi connectivity index (χ2n) is 5.02. The number of carbonyl (C=O) groups is 1. The van der Waals surface area contributed by atoms with Gasteiger partial charge in [-0.05, 0) is 19.1 Å². The lowest BCUT2D eigenvalue weighted by Crippen LogP contribution is -2.17. The second kappa shape index (κ2) is 7.56. The number of halogens is 3. The van der Waals surface area contributed by atoms with Crippen LogP contribution >= 0.6 is 11.8 Å². The van der Waals surface area contributed by atoms with E-state index in [-0.39, 0.29) is 16.6 Å². The van der Waals surface area contributed by atoms with Gasteiger partial charge in [-0.2, -0.15) is 13.2 Å². The molecule has 0 radical (unpaired) electrons. The van der Waals surface area contributed by atoms with Crippen molar-refractivity contribution in [1.29, 1.82) is 0 Å². The average molecular weight is 388 g/mol. The van der Waals surface area contributed by atoms with Crippen LogP contribution in [-0.2, 0) is 11.0 Å². The summed E-state index contributed by atoms with van der Waals surface area (Å²) in [5.74, 6) is -0.966. The van der Waals surface area contributed by atoms with E-state index in [1.54, 1.807) is 6.92 Å². The van der Waals surface area contributed by atoms with E-state index in [1.165, 1.54) is 6.07 Å². The SMILES string of the molecule is Cc1cc(=O)[nH]c(SCC(=O)Nc2ccc(C(F)(F)F)cc2[N+](=O)[O-])n1. The standard InChI is InChI=1S/C14H11F3N4O4S/c1-7-4-11(22)20-13(18-7)26-6-12(23)19-9-3-2-8(14(15,16)17)5-10(9)21(24)25/h2-5H,6H2,1H3,(H,19,23)(H,18,20,22). The van der Waals surface area contributed by atoms with Crippen LogP contribution in [0.4, 0.5) is 24.5 Å². The zero-order valence-corrected chi connectivity index (χ0v) is 13.9. The Morgan fingerprint density at radius 2 is 2.08 bits per heavy atom. The molecule has 0 atom stereocenters. The summed E-state index contributed by atoms with van der Waals surface area (Å²) < 4.78 is 37.9. The molecular formula is C14H11F3N4O4S. The molecule has 12 heteroatoms. The molecule has 0 aliphatic heterocycles. The minimum absolute atomic E-state index is 0.173. The highest BCUT2D eigenvalue weighted by Gasteiger charge is 2.33. The molecule has 0 bridgehead atoms. The van der Waals surface area contributed by atoms with E-state index >= 15 is 0 Å². The van der Waals surface area contributed by atoms with Gasteiger partial charge in [0.25, 0.3) is 11.2 Å². The van der Waals surface area contributed by atoms with E-state index in [0.717, 1.165) is 17.8 Å². The van der Waals surface area contributed by atoms with Gasteiger partial charge in [0.2, 0.25) is 5.91 Å². The number of nitrogens with one attached hydrogen (secondary N) is 2. The van der Waals surface area contributed by atoms with Crippen LogP contribution < -0.4 is 10.9 Å². The van der Waals surface area contributed by atoms with Crippen molar-refractivity contribution in [2.75, 3.05) is 11.1 Å². The quantitative estimate of drug-likeness (QED) is 0.352. The Kier molecular flexibility index (Phi) is 5.65. The Labute approximate surface area is 148 Å². The third-order valence-electron chi connectivity index (χ3n) is 2.98. The topological polar surface area (TPSA) is 118 Å². The highest BCUT2D eigenvalue weighted by atomic mass is 32.2. The van der Waals surface area contributed by atoms with Gasteiger partial charge in [0.05, 0.1) is 16.2 Å². The number of nitrogens with zero attached hydrogens (tertiary/aromatic N) is 2. The van der Waals surface area contributed by atoms with Gasteiger partial charge in [-0.1, -0.05) is 11.8 Å². The van der Waals surface area contributed by atoms with E-state index in [9.17, 15) is 32.9 Å². The van der Waals surface area contributed by atoms with Gasteiger partial charge in [0.15, 0.2) is 5.16 Å². The zero-order chi connectivity index (χ0) is 19.5. The maximum absolute atomic E-state index is 12.6. The smallest absolute Gasteiger partial charge is 0.320 e. The minimum Gasteiger partial charge on any atom is -0.320 e. The van der Waals surface area contributed by atoms with Gasteiger partial charge >= 0.3 is 6.18 Å². The maximum Gasteiger partial charge on any atom is 0.416 e. The van der Waals surface area contributed by atoms with Gasteiger partial charge in [0, 0.05) is 17.8 Å². The number of thioether (sulfide) groups is 1. The zero-order valence-electron chi connectivity index (χ0n) is 13.1. The fourth-order valence-corrected chi connectivity index (χ4v) is 2.63. The predicted octanol–water partition coefficient (Wildman–Crippen LogP) is 2.74. The molecule has 2 N–H and O–H groups in total. The molecular weight excluding hydrogens is 377 g/mol. The third kappa shape index (κ3) is 5.05. The lowest BCUT2D eigenvalue weighted by atomic mass is 10.1. The molecule has 0 spiro atoms. The maximum atomic E-state index is 12.6. The van der Waals surface area contributed by atoms with Crippen molar-refractivity contribution in [3.8, 4) is 0 Å². The van der Waals surface area contributed by atoms with Crippen LogP contribution in [0, 0.1) is 17.0 Å². The fraction of sp³-hybridized carbons (Fsp3) is 0.214. The number of H-pyrrole nitrogens is 1. The number of aromatic amines is 1. The molecule has 0 saturated heterocycles. The number of anilines is 1. The number of rotatable bonds is 5. The summed E-state index contributed by atoms with van der Waals surface area (Å²) in [6.07, 6.45) is -4.74. The van der Waals surface area contributed by atoms with E-state index in [4.69, 9.17) is 0 Å². The van der Waals surface area contributed by atoms with Crippen LogP contribution in [0.25, 0.3) is 0 Å². The summed E-state index contributed by atoms with van der Waals surface area (Å²) in [7, 11) is 0. The third-order valence-corrected chi connectivity index (χ3v) is 3.86. The summed E-state index contributed by atoms with van der Waals surface area (Å²) in [5, 5.41) is 13.3. The van der Waals surface area contributed by atoms with Crippen LogP contribution in [0.5, 0.6) is 0 Å². The lowest BCUT2D eigenvalue weighted by molar-refractivity contribution is -0.384. The van der Waals surface area contributed by atoms with Crippen LogP contribution in [0.2, 0.25) is 0 Å². The summed E-state index contributed by atoms with van der Waals surface area (Å²) >= 11 is 0.869. The molecule has 0 unspecified atom stereocenters. The summed E-state index contributed by atoms with van der Waals surface area (Å²) in [5.41, 5.74) is -2.40. The number of alkyl halides is 3. The number of amides is 1. The highest BCUT2D eigenvalue weighted by Crippen LogP contribution is 2.35. The molecule has 0 aliphatic rings. The molecule has 0 aliphatic carbocycles. The molecule has 1 aromatic heterocycles. The first kappa shape index (κ1) is 19.4. The van der Waals surface area contributed by atoms with Crippen molar-refractivity contribution in [1.82, 2.24) is 9.97 Å². The molecule has 1 aromatic carbocycles. The largest absolute Gasteiger partial charge is 0.416 e. The Morgan fingerprint density at radius 1 is 1.38 bits per heavy atom. The first-order valence-electron chi connectivity index (χ1n) is 6.92. The van der Waals surface area contributed by atoms with Crippen molar-refractivity contribution in [3.05, 3.63) is 56.0 Å². The number of aryl methyl sites for hydroxylation is 1. The van der Waals surface area contributed by atoms with Crippen molar-refractivity contribution in [2.45, 2.75) is 18.3 Å². The van der Waals surface area contributed by atoms with Crippen LogP contribution in [0.15, 0.2) is 34.2 Å². The fourth-order valence-electron chi connectivity index (χ4n) is 1.90. The summed E-state index contributed by atoms with van der Waals surface area (Å²) in [4.78, 5) is 39.6. The number of carbonyl (C=O) groups excluding carboxylic acids is 1. The van der Waals surface area contributed by atoms with Crippen molar-refractivity contribution in [3.63, 3.8) is 0 Å². The van der Waals surface area contributed by atoms with Crippen molar-refractivity contribution in [2.24, 2.45) is 0 Å². The Balaban J connectivity index is 2.13. The highest BCUT2D eigenvalue weighted by molar-refractivity contribution is 7.99. The number of benzene rings is 1. The van der Waals surface area contributed by atoms with Crippen molar-refractivity contribution < 1.29 is 22.9 Å². The normalized spacial score (nSPS) is 11.2. The van der Waals surface area contributed by atoms with Gasteiger partial charge < -0.3 is 10.3 Å². The molecule has 138 valence electrons. The summed E-state index contributed by atoms with van der Waals surface area (Å²) in [6.45, 7) is 1.59. The number of aromatic nitrogens is 2. The molecule has 2 aromatic rings. The second-order valence-corrected chi connectivity index (χ2v) is 5.98. The first-order chi connectivity index (χ1) is 12.1. The average Bonchev–Trinajstić information content (AvgIpc) is 2.51. The van der Waals surface area contributed by atoms with E-state index < -0.39 is 33.8 Å². The predicted molar refractivity (Wildman–Crippen MR) is 87.0 cm³/mol. The molecule has 2 rings (SSSR count). The molecule has 1 amide bonds. The molecule has 1 heterocycles. The summed E-state index contributed by atoms with van der Waals surface area (Å²) in [6, 6.07) is 3.06. The molecule has 0 fully saturated rings. The van der Waals surface area contributed by atoms with E-state index in [2.05, 4.69) is 15.3 Å². The van der Waals surface area contributed by atoms with Gasteiger partial charge in [0.1, 0.15) is 5.69 Å². The lowest BCUT2D eigenvalue weighted by Gasteiger charge is -2.09. The Morgan fingerprint density at radius 3 is 2.65 bits per heavy atom. The Bertz CT molecular complexity index is 914. The van der Waals surface area contributed by atoms with Gasteiger partial charge in [-0.3, -0.25) is 19.7 Å². The van der Waals surface area contributed by atoms with Crippen LogP contribution in [-0.4, -0.2) is 26.6 Å². The molecule has 0 saturated carbocycles. The number of hydrogen-bond donors (Lipinski definition) is 2. The van der Waals surface area contributed by atoms with Crippen LogP contribution in [0.1, 0.15) is 11.3 Å². The first-order valence-corrected chi connectivity index (χ1v) is 7.91. The van der Waals surface area contributed by atoms with E-state index in [0.29, 0.717) is 17.8 Å². The number of nitro groups is 1. The van der Waals surface area contributed by atoms with Gasteiger partial charge in [-0.15, -0.1) is 0 Å². The van der Waals surface area contributed by atoms with Crippen molar-refractivity contribution >= 4 is 29.0 Å². The molecule has 26 heavy (non-hydrogen) atoms. The number of nitro benzene ring substituents is 1. The molecule has 8 nitrogen and oxygen atoms in total. The van der Waals surface area contributed by atoms with E-state index in [1.807, 2.05) is 0 Å². The van der Waals surface area contributed by atoms with Gasteiger partial charge in [-0.25, -0.2) is 4.98 Å². The minimum atomic E-state index is -4.74. The Hall–Kier alpha value is -2.89. The number of hydrogen-bond acceptors (Lipinski definition) is 6.